The molecule has 2 N–H and O–H groups in total. The number of hydrogen-bond donors (Lipinski definition) is 2. The smallest absolute Gasteiger partial charge is 0.0585 e. The molecule has 0 unspecified atom stereocenters. The Bertz CT molecular complexity index is 645. The normalized spacial score (nSPS) is 48.3. The number of aliphatic hydroxyl groups is 2. The van der Waals surface area contributed by atoms with E-state index in [1.807, 2.05) is 0 Å². The number of allylic oxidation sites excluding steroid dienone is 1. The molecule has 2 nitrogen and oxygen atoms in total. The third kappa shape index (κ3) is 3.65. The van der Waals surface area contributed by atoms with Crippen LogP contribution in [0, 0.1) is 45.8 Å². The van der Waals surface area contributed by atoms with Crippen molar-refractivity contribution in [2.75, 3.05) is 0 Å². The lowest BCUT2D eigenvalue weighted by molar-refractivity contribution is -0.129. The molecule has 0 saturated heterocycles. The van der Waals surface area contributed by atoms with Crippen molar-refractivity contribution in [3.05, 3.63) is 11.6 Å². The van der Waals surface area contributed by atoms with Crippen LogP contribution in [0.4, 0.5) is 0 Å². The molecule has 9 atom stereocenters. The van der Waals surface area contributed by atoms with E-state index in [1.54, 1.807) is 0 Å². The molecule has 3 saturated carbocycles. The lowest BCUT2D eigenvalue weighted by atomic mass is 9.46. The third-order valence-electron chi connectivity index (χ3n) is 10.1. The topological polar surface area (TPSA) is 40.5 Å². The molecule has 0 radical (unpaired) electrons. The number of fused-ring (bicyclic) bond motifs is 5. The molecule has 2 heteroatoms. The quantitative estimate of drug-likeness (QED) is 0.539. The predicted octanol–water partition coefficient (Wildman–Crippen LogP) is 6.36. The number of hydrogen-bond acceptors (Lipinski definition) is 2. The Morgan fingerprint density at radius 3 is 2.55 bits per heavy atom. The van der Waals surface area contributed by atoms with Crippen LogP contribution in [-0.2, 0) is 0 Å². The van der Waals surface area contributed by atoms with E-state index in [-0.39, 0.29) is 17.6 Å². The first-order valence-corrected chi connectivity index (χ1v) is 12.5. The van der Waals surface area contributed by atoms with Crippen molar-refractivity contribution in [2.45, 2.75) is 112 Å². The summed E-state index contributed by atoms with van der Waals surface area (Å²) in [5.41, 5.74) is 2.27. The van der Waals surface area contributed by atoms with E-state index in [1.165, 1.54) is 31.3 Å². The minimum Gasteiger partial charge on any atom is -0.393 e. The van der Waals surface area contributed by atoms with Crippen LogP contribution in [0.1, 0.15) is 99.3 Å². The Morgan fingerprint density at radius 2 is 1.86 bits per heavy atom. The number of rotatable bonds is 3. The Morgan fingerprint density at radius 1 is 1.14 bits per heavy atom. The first-order chi connectivity index (χ1) is 13.5. The highest BCUT2D eigenvalue weighted by Gasteiger charge is 2.62. The van der Waals surface area contributed by atoms with Crippen molar-refractivity contribution >= 4 is 0 Å². The molecular formula is C27H46O2. The molecule has 0 aliphatic heterocycles. The minimum atomic E-state index is -0.180. The van der Waals surface area contributed by atoms with Crippen LogP contribution in [0.25, 0.3) is 0 Å². The lowest BCUT2D eigenvalue weighted by Gasteiger charge is -2.60. The van der Waals surface area contributed by atoms with Gasteiger partial charge in [0.25, 0.3) is 0 Å². The van der Waals surface area contributed by atoms with Crippen molar-refractivity contribution < 1.29 is 10.2 Å². The zero-order chi connectivity index (χ0) is 21.2. The van der Waals surface area contributed by atoms with Crippen LogP contribution in [0.2, 0.25) is 0 Å². The summed E-state index contributed by atoms with van der Waals surface area (Å²) in [7, 11) is 0. The van der Waals surface area contributed by atoms with Crippen molar-refractivity contribution in [3.8, 4) is 0 Å². The van der Waals surface area contributed by atoms with Gasteiger partial charge >= 0.3 is 0 Å². The maximum Gasteiger partial charge on any atom is 0.0585 e. The van der Waals surface area contributed by atoms with Crippen molar-refractivity contribution in [1.82, 2.24) is 0 Å². The van der Waals surface area contributed by atoms with Gasteiger partial charge in [0.1, 0.15) is 0 Å². The largest absolute Gasteiger partial charge is 0.393 e. The second kappa shape index (κ2) is 7.37. The van der Waals surface area contributed by atoms with Crippen LogP contribution >= 0.6 is 0 Å². The van der Waals surface area contributed by atoms with E-state index < -0.39 is 0 Å². The Labute approximate surface area is 179 Å². The monoisotopic (exact) mass is 402 g/mol. The summed E-state index contributed by atoms with van der Waals surface area (Å²) in [6.45, 7) is 14.5. The van der Waals surface area contributed by atoms with Crippen molar-refractivity contribution in [3.63, 3.8) is 0 Å². The zero-order valence-electron chi connectivity index (χ0n) is 19.9. The summed E-state index contributed by atoms with van der Waals surface area (Å²) in [4.78, 5) is 0. The van der Waals surface area contributed by atoms with Gasteiger partial charge < -0.3 is 10.2 Å². The summed E-state index contributed by atoms with van der Waals surface area (Å²) >= 11 is 0. The molecule has 0 amide bonds. The van der Waals surface area contributed by atoms with Gasteiger partial charge in [0.15, 0.2) is 0 Å². The van der Waals surface area contributed by atoms with Gasteiger partial charge in [-0.2, -0.15) is 0 Å². The fourth-order valence-corrected chi connectivity index (χ4v) is 8.61. The second-order valence-electron chi connectivity index (χ2n) is 13.1. The molecule has 29 heavy (non-hydrogen) atoms. The van der Waals surface area contributed by atoms with Crippen molar-refractivity contribution in [2.24, 2.45) is 45.8 Å². The predicted molar refractivity (Wildman–Crippen MR) is 120 cm³/mol. The van der Waals surface area contributed by atoms with Crippen LogP contribution in [0.15, 0.2) is 11.6 Å². The summed E-state index contributed by atoms with van der Waals surface area (Å²) in [5.74, 6) is 3.31. The molecule has 0 aromatic carbocycles. The third-order valence-corrected chi connectivity index (χ3v) is 10.1. The van der Waals surface area contributed by atoms with Gasteiger partial charge in [0.2, 0.25) is 0 Å². The van der Waals surface area contributed by atoms with Crippen LogP contribution in [0.3, 0.4) is 0 Å². The van der Waals surface area contributed by atoms with Gasteiger partial charge in [0.05, 0.1) is 12.2 Å². The summed E-state index contributed by atoms with van der Waals surface area (Å²) in [6.07, 6.45) is 12.4. The number of aliphatic hydroxyl groups excluding tert-OH is 2. The minimum absolute atomic E-state index is 0.110. The molecule has 4 rings (SSSR count). The Kier molecular flexibility index (Phi) is 5.56. The average Bonchev–Trinajstić information content (AvgIpc) is 2.96. The molecule has 0 heterocycles. The molecule has 4 aliphatic carbocycles. The Hall–Kier alpha value is -0.340. The van der Waals surface area contributed by atoms with Gasteiger partial charge in [-0.05, 0) is 104 Å². The fourth-order valence-electron chi connectivity index (χ4n) is 8.61. The molecule has 0 aromatic rings. The SMILES string of the molecule is C[C@H](CCC(C)(C)C)[C@H]1CC[C@H]2[C@@H]3CC=C4C[C@@H](O)CC[C@]4(C)[C@H]3[C@@H](O)C[C@]12C. The molecular weight excluding hydrogens is 356 g/mol. The van der Waals surface area contributed by atoms with E-state index in [0.29, 0.717) is 22.7 Å². The molecule has 0 aromatic heterocycles. The second-order valence-corrected chi connectivity index (χ2v) is 13.1. The molecule has 0 spiro atoms. The van der Waals surface area contributed by atoms with Gasteiger partial charge in [-0.25, -0.2) is 0 Å². The Balaban J connectivity index is 1.57. The average molecular weight is 403 g/mol. The molecule has 0 bridgehead atoms. The molecule has 166 valence electrons. The van der Waals surface area contributed by atoms with Crippen LogP contribution in [-0.4, -0.2) is 22.4 Å². The molecule has 4 aliphatic rings. The highest BCUT2D eigenvalue weighted by molar-refractivity contribution is 5.26. The van der Waals surface area contributed by atoms with E-state index in [4.69, 9.17) is 0 Å². The highest BCUT2D eigenvalue weighted by Crippen LogP contribution is 2.67. The van der Waals surface area contributed by atoms with Crippen LogP contribution in [0.5, 0.6) is 0 Å². The van der Waals surface area contributed by atoms with E-state index >= 15 is 0 Å². The molecule has 3 fully saturated rings. The lowest BCUT2D eigenvalue weighted by Crippen LogP contribution is -2.56. The van der Waals surface area contributed by atoms with E-state index in [9.17, 15) is 10.2 Å². The maximum absolute atomic E-state index is 11.6. The van der Waals surface area contributed by atoms with Gasteiger partial charge in [0, 0.05) is 0 Å². The van der Waals surface area contributed by atoms with Crippen molar-refractivity contribution in [1.29, 1.82) is 0 Å². The highest BCUT2D eigenvalue weighted by atomic mass is 16.3. The van der Waals surface area contributed by atoms with Gasteiger partial charge in [-0.15, -0.1) is 0 Å². The maximum atomic E-state index is 11.6. The van der Waals surface area contributed by atoms with Gasteiger partial charge in [-0.3, -0.25) is 0 Å². The van der Waals surface area contributed by atoms with E-state index in [0.717, 1.165) is 49.9 Å². The summed E-state index contributed by atoms with van der Waals surface area (Å²) in [5, 5.41) is 21.8. The zero-order valence-corrected chi connectivity index (χ0v) is 19.9. The van der Waals surface area contributed by atoms with Gasteiger partial charge in [-0.1, -0.05) is 53.2 Å². The summed E-state index contributed by atoms with van der Waals surface area (Å²) in [6, 6.07) is 0. The van der Waals surface area contributed by atoms with E-state index in [2.05, 4.69) is 47.6 Å². The first-order valence-electron chi connectivity index (χ1n) is 12.5. The standard InChI is InChI=1S/C27H46O2/c1-17(11-13-25(2,3)4)21-9-10-22-20-8-7-18-15-19(28)12-14-26(18,5)24(20)23(29)16-27(21,22)6/h7,17,19-24,28-29H,8-16H2,1-6H3/t17-,19+,20+,21-,22+,23+,24-,26+,27-/m1/s1. The summed E-state index contributed by atoms with van der Waals surface area (Å²) < 4.78 is 0. The fraction of sp³-hybridized carbons (Fsp3) is 0.926. The van der Waals surface area contributed by atoms with Crippen LogP contribution < -0.4 is 0 Å². The first kappa shape index (κ1) is 21.9.